The van der Waals surface area contributed by atoms with Gasteiger partial charge in [0.2, 0.25) is 0 Å². The average molecular weight is 999 g/mol. The molecule has 0 N–H and O–H groups in total. The van der Waals surface area contributed by atoms with Gasteiger partial charge in [0.1, 0.15) is 0 Å². The van der Waals surface area contributed by atoms with Crippen molar-refractivity contribution in [1.82, 2.24) is 9.13 Å². The van der Waals surface area contributed by atoms with Gasteiger partial charge in [-0.05, 0) is 112 Å². The van der Waals surface area contributed by atoms with E-state index in [1.165, 1.54) is 107 Å². The van der Waals surface area contributed by atoms with Crippen LogP contribution in [0.5, 0.6) is 0 Å². The molecule has 0 unspecified atom stereocenters. The van der Waals surface area contributed by atoms with Gasteiger partial charge >= 0.3 is 0 Å². The minimum atomic E-state index is -2.71. The predicted octanol–water partition coefficient (Wildman–Crippen LogP) is 12.3. The van der Waals surface area contributed by atoms with Crippen molar-refractivity contribution in [1.29, 1.82) is 0 Å². The molecule has 12 aromatic carbocycles. The van der Waals surface area contributed by atoms with Gasteiger partial charge in [-0.25, -0.2) is 0 Å². The van der Waals surface area contributed by atoms with Crippen molar-refractivity contribution >= 4 is 101 Å². The molecule has 0 saturated carbocycles. The van der Waals surface area contributed by atoms with Crippen LogP contribution < -0.4 is 41.5 Å². The van der Waals surface area contributed by atoms with Gasteiger partial charge in [-0.1, -0.05) is 255 Å². The van der Waals surface area contributed by atoms with E-state index in [4.69, 9.17) is 0 Å². The molecule has 0 spiro atoms. The van der Waals surface area contributed by atoms with Crippen molar-refractivity contribution < 1.29 is 0 Å². The Bertz CT molecular complexity index is 4350. The lowest BCUT2D eigenvalue weighted by Gasteiger charge is -2.34. The Morgan fingerprint density at radius 3 is 1.30 bits per heavy atom. The van der Waals surface area contributed by atoms with Gasteiger partial charge in [-0.15, -0.1) is 0 Å². The van der Waals surface area contributed by atoms with Gasteiger partial charge in [0.25, 0.3) is 0 Å². The predicted molar refractivity (Wildman–Crippen MR) is 327 cm³/mol. The first-order valence-electron chi connectivity index (χ1n) is 26.4. The molecule has 4 heteroatoms. The fraction of sp³-hybridized carbons (Fsp3) is 0. The van der Waals surface area contributed by atoms with E-state index in [1.807, 2.05) is 0 Å². The summed E-state index contributed by atoms with van der Waals surface area (Å²) in [5.74, 6) is 0. The summed E-state index contributed by atoms with van der Waals surface area (Å²) in [5, 5.41) is 16.1. The van der Waals surface area contributed by atoms with Gasteiger partial charge in [-0.2, -0.15) is 0 Å². The third kappa shape index (κ3) is 6.45. The van der Waals surface area contributed by atoms with Crippen LogP contribution in [0.4, 0.5) is 0 Å². The van der Waals surface area contributed by atoms with Crippen molar-refractivity contribution in [2.75, 3.05) is 0 Å². The third-order valence-corrected chi connectivity index (χ3v) is 26.2. The summed E-state index contributed by atoms with van der Waals surface area (Å²) in [6.07, 6.45) is 0. The number of fused-ring (bicyclic) bond motifs is 9. The molecule has 14 aromatic rings. The van der Waals surface area contributed by atoms with E-state index in [0.717, 1.165) is 11.4 Å². The topological polar surface area (TPSA) is 9.86 Å². The average Bonchev–Trinajstić information content (AvgIpc) is 4.28. The monoisotopic (exact) mass is 998 g/mol. The highest BCUT2D eigenvalue weighted by molar-refractivity contribution is 7.22. The smallest absolute Gasteiger partial charge is 0.180 e. The molecule has 1 aliphatic rings. The summed E-state index contributed by atoms with van der Waals surface area (Å²) < 4.78 is 4.95. The molecule has 0 atom stereocenters. The first-order chi connectivity index (χ1) is 37.7. The lowest BCUT2D eigenvalue weighted by Crippen LogP contribution is -2.74. The number of para-hydroxylation sites is 2. The number of hydrogen-bond acceptors (Lipinski definition) is 0. The van der Waals surface area contributed by atoms with Gasteiger partial charge in [0.15, 0.2) is 16.1 Å². The van der Waals surface area contributed by atoms with Crippen LogP contribution in [0.1, 0.15) is 0 Å². The highest BCUT2D eigenvalue weighted by Crippen LogP contribution is 2.41. The zero-order chi connectivity index (χ0) is 50.2. The van der Waals surface area contributed by atoms with Crippen LogP contribution in [-0.2, 0) is 0 Å². The molecule has 76 heavy (non-hydrogen) atoms. The Labute approximate surface area is 444 Å². The zero-order valence-corrected chi connectivity index (χ0v) is 43.8. The maximum atomic E-state index is 2.48. The van der Waals surface area contributed by atoms with Crippen LogP contribution in [0.3, 0.4) is 0 Å². The highest BCUT2D eigenvalue weighted by atomic mass is 28.3. The van der Waals surface area contributed by atoms with Crippen molar-refractivity contribution in [2.45, 2.75) is 0 Å². The van der Waals surface area contributed by atoms with Crippen LogP contribution >= 0.6 is 0 Å². The molecule has 0 fully saturated rings. The summed E-state index contributed by atoms with van der Waals surface area (Å²) >= 11 is 0. The van der Waals surface area contributed by atoms with Crippen molar-refractivity contribution in [2.24, 2.45) is 0 Å². The first kappa shape index (κ1) is 44.2. The van der Waals surface area contributed by atoms with E-state index in [2.05, 4.69) is 312 Å². The summed E-state index contributed by atoms with van der Waals surface area (Å²) in [7, 11) is -5.36. The maximum absolute atomic E-state index is 2.71. The van der Waals surface area contributed by atoms with E-state index >= 15 is 0 Å². The molecule has 3 heterocycles. The number of nitrogens with zero attached hydrogens (tertiary/aromatic N) is 2. The molecule has 0 bridgehead atoms. The molecule has 0 aliphatic carbocycles. The Kier molecular flexibility index (Phi) is 10.3. The number of hydrogen-bond donors (Lipinski definition) is 0. The lowest BCUT2D eigenvalue weighted by molar-refractivity contribution is 1.16. The largest absolute Gasteiger partial charge is 0.309 e. The number of aromatic nitrogens is 2. The Morgan fingerprint density at radius 2 is 0.697 bits per heavy atom. The standard InChI is InChI=1S/C72H50N2Si2/c1-6-23-54(24-7-1)75(55-25-8-2-9-26-55,56-27-10-3-11-28-56)59-45-42-52(43-46-59)73-66-37-19-16-33-61(66)63-47-44-53(50-69(63)73)74-67-38-20-17-34-62(67)65-49-51(41-48-68(65)74)60-36-22-40-71-72(60)64-35-18-21-39-70(64)76(71,57-29-12-4-13-30-57)58-31-14-5-15-32-58/h1-50H. The molecule has 0 radical (unpaired) electrons. The second-order valence-corrected chi connectivity index (χ2v) is 27.8. The summed E-state index contributed by atoms with van der Waals surface area (Å²) in [6, 6.07) is 114. The van der Waals surface area contributed by atoms with Crippen LogP contribution in [0.2, 0.25) is 0 Å². The molecular formula is C72H50N2Si2. The minimum absolute atomic E-state index is 1.13. The van der Waals surface area contributed by atoms with Gasteiger partial charge in [-0.3, -0.25) is 0 Å². The second kappa shape index (κ2) is 17.7. The quantitative estimate of drug-likeness (QED) is 0.101. The van der Waals surface area contributed by atoms with Gasteiger partial charge in [0, 0.05) is 32.9 Å². The molecule has 15 rings (SSSR count). The minimum Gasteiger partial charge on any atom is -0.309 e. The van der Waals surface area contributed by atoms with E-state index in [0.29, 0.717) is 0 Å². The molecule has 1 aliphatic heterocycles. The van der Waals surface area contributed by atoms with Crippen LogP contribution in [0, 0.1) is 0 Å². The molecule has 2 aromatic heterocycles. The maximum Gasteiger partial charge on any atom is 0.180 e. The molecule has 356 valence electrons. The molecule has 0 amide bonds. The first-order valence-corrected chi connectivity index (χ1v) is 30.4. The number of rotatable bonds is 9. The summed E-state index contributed by atoms with van der Waals surface area (Å²) in [5.41, 5.74) is 12.2. The van der Waals surface area contributed by atoms with Crippen LogP contribution in [0.15, 0.2) is 303 Å². The van der Waals surface area contributed by atoms with Gasteiger partial charge in [0.05, 0.1) is 22.1 Å². The van der Waals surface area contributed by atoms with Crippen molar-refractivity contribution in [3.63, 3.8) is 0 Å². The van der Waals surface area contributed by atoms with E-state index in [1.54, 1.807) is 0 Å². The fourth-order valence-electron chi connectivity index (χ4n) is 13.5. The van der Waals surface area contributed by atoms with E-state index in [-0.39, 0.29) is 0 Å². The second-order valence-electron chi connectivity index (χ2n) is 20.3. The van der Waals surface area contributed by atoms with Crippen LogP contribution in [0.25, 0.3) is 77.2 Å². The molecular weight excluding hydrogens is 949 g/mol. The Balaban J connectivity index is 0.898. The Morgan fingerprint density at radius 1 is 0.263 bits per heavy atom. The number of benzene rings is 12. The molecule has 2 nitrogen and oxygen atoms in total. The lowest BCUT2D eigenvalue weighted by atomic mass is 9.94. The zero-order valence-electron chi connectivity index (χ0n) is 41.8. The van der Waals surface area contributed by atoms with Crippen LogP contribution in [-0.4, -0.2) is 25.3 Å². The third-order valence-electron chi connectivity index (χ3n) is 16.6. The normalized spacial score (nSPS) is 12.8. The summed E-state index contributed by atoms with van der Waals surface area (Å²) in [4.78, 5) is 0. The van der Waals surface area contributed by atoms with Crippen molar-refractivity contribution in [3.05, 3.63) is 303 Å². The molecule has 0 saturated heterocycles. The SMILES string of the molecule is c1ccc([Si](c2ccccc2)(c2ccccc2)c2ccc(-n3c4ccccc4c4ccc(-n5c6ccccc6c6cc(-c7cccc8c7-c7ccccc7[Si]8(c7ccccc7)c7ccccc7)ccc65)cc43)cc2)cc1. The fourth-order valence-corrected chi connectivity index (χ4v) is 23.4. The van der Waals surface area contributed by atoms with Gasteiger partial charge < -0.3 is 9.13 Å². The Hall–Kier alpha value is -9.33. The van der Waals surface area contributed by atoms with E-state index in [9.17, 15) is 0 Å². The highest BCUT2D eigenvalue weighted by Gasteiger charge is 2.49. The van der Waals surface area contributed by atoms with E-state index < -0.39 is 16.1 Å². The summed E-state index contributed by atoms with van der Waals surface area (Å²) in [6.45, 7) is 0. The van der Waals surface area contributed by atoms with Crippen molar-refractivity contribution in [3.8, 4) is 33.6 Å².